The normalized spacial score (nSPS) is 11.8. The predicted molar refractivity (Wildman–Crippen MR) is 106 cm³/mol. The Morgan fingerprint density at radius 3 is 2.67 bits per heavy atom. The van der Waals surface area contributed by atoms with E-state index in [9.17, 15) is 9.59 Å². The second kappa shape index (κ2) is 10.8. The Bertz CT molecular complexity index is 733. The molecular weight excluding hydrogens is 364 g/mol. The van der Waals surface area contributed by atoms with Crippen LogP contribution in [0.25, 0.3) is 10.6 Å². The fraction of sp³-hybridized carbons (Fsp3) is 0.450. The van der Waals surface area contributed by atoms with Crippen molar-refractivity contribution in [2.75, 3.05) is 33.4 Å². The number of ether oxygens (including phenoxy) is 2. The summed E-state index contributed by atoms with van der Waals surface area (Å²) in [5, 5.41) is 2.80. The van der Waals surface area contributed by atoms with Gasteiger partial charge < -0.3 is 14.4 Å². The number of benzene rings is 1. The van der Waals surface area contributed by atoms with E-state index in [4.69, 9.17) is 9.47 Å². The number of thiazole rings is 1. The van der Waals surface area contributed by atoms with E-state index in [1.807, 2.05) is 42.6 Å². The van der Waals surface area contributed by atoms with Gasteiger partial charge in [0.05, 0.1) is 31.7 Å². The lowest BCUT2D eigenvalue weighted by Gasteiger charge is -2.24. The minimum absolute atomic E-state index is 0.0737. The number of esters is 1. The van der Waals surface area contributed by atoms with Gasteiger partial charge in [0.2, 0.25) is 5.91 Å². The Balaban J connectivity index is 2.03. The van der Waals surface area contributed by atoms with Crippen LogP contribution in [0.15, 0.2) is 35.7 Å². The van der Waals surface area contributed by atoms with Crippen LogP contribution in [0.4, 0.5) is 0 Å². The maximum atomic E-state index is 12.8. The van der Waals surface area contributed by atoms with Gasteiger partial charge >= 0.3 is 5.97 Å². The van der Waals surface area contributed by atoms with Crippen LogP contribution in [-0.4, -0.2) is 55.2 Å². The van der Waals surface area contributed by atoms with E-state index in [-0.39, 0.29) is 18.3 Å². The molecule has 7 heteroatoms. The molecule has 0 saturated heterocycles. The molecule has 0 aliphatic rings. The van der Waals surface area contributed by atoms with Crippen LogP contribution in [-0.2, 0) is 25.5 Å². The third-order valence-electron chi connectivity index (χ3n) is 4.07. The molecule has 0 N–H and O–H groups in total. The quantitative estimate of drug-likeness (QED) is 0.461. The molecule has 1 aromatic heterocycles. The van der Waals surface area contributed by atoms with Gasteiger partial charge in [-0.2, -0.15) is 0 Å². The molecule has 1 heterocycles. The van der Waals surface area contributed by atoms with E-state index in [0.29, 0.717) is 26.3 Å². The standard InChI is InChI=1S/C20H26N2O4S/c1-4-26-11-10-22(13-15(2)20(24)25-3)18(23)12-17-14-27-19(21-17)16-8-6-5-7-9-16/h5-9,14-15H,4,10-13H2,1-3H3/t15-/m1/s1. The lowest BCUT2D eigenvalue weighted by Crippen LogP contribution is -2.40. The van der Waals surface area contributed by atoms with Gasteiger partial charge in [-0.1, -0.05) is 37.3 Å². The zero-order chi connectivity index (χ0) is 19.6. The van der Waals surface area contributed by atoms with E-state index in [2.05, 4.69) is 4.98 Å². The van der Waals surface area contributed by atoms with Gasteiger partial charge in [0, 0.05) is 30.6 Å². The first-order valence-electron chi connectivity index (χ1n) is 8.98. The van der Waals surface area contributed by atoms with Crippen LogP contribution >= 0.6 is 11.3 Å². The summed E-state index contributed by atoms with van der Waals surface area (Å²) in [5.41, 5.74) is 1.77. The van der Waals surface area contributed by atoms with Crippen LogP contribution in [0.2, 0.25) is 0 Å². The SMILES string of the molecule is CCOCCN(C[C@@H](C)C(=O)OC)C(=O)Cc1csc(-c2ccccc2)n1. The van der Waals surface area contributed by atoms with E-state index in [0.717, 1.165) is 16.3 Å². The molecule has 0 aliphatic heterocycles. The van der Waals surface area contributed by atoms with Gasteiger partial charge in [-0.3, -0.25) is 9.59 Å². The van der Waals surface area contributed by atoms with Crippen LogP contribution in [0.1, 0.15) is 19.5 Å². The number of methoxy groups -OCH3 is 1. The fourth-order valence-corrected chi connectivity index (χ4v) is 3.44. The van der Waals surface area contributed by atoms with Crippen molar-refractivity contribution in [1.29, 1.82) is 0 Å². The molecule has 6 nitrogen and oxygen atoms in total. The summed E-state index contributed by atoms with van der Waals surface area (Å²) < 4.78 is 10.1. The summed E-state index contributed by atoms with van der Waals surface area (Å²) in [6.07, 6.45) is 0.198. The lowest BCUT2D eigenvalue weighted by molar-refractivity contribution is -0.146. The highest BCUT2D eigenvalue weighted by Gasteiger charge is 2.22. The van der Waals surface area contributed by atoms with Crippen molar-refractivity contribution in [3.8, 4) is 10.6 Å². The summed E-state index contributed by atoms with van der Waals surface area (Å²) in [4.78, 5) is 30.7. The lowest BCUT2D eigenvalue weighted by atomic mass is 10.1. The first kappa shape index (κ1) is 21.1. The predicted octanol–water partition coefficient (Wildman–Crippen LogP) is 3.03. The number of hydrogen-bond acceptors (Lipinski definition) is 6. The van der Waals surface area contributed by atoms with Crippen LogP contribution in [0, 0.1) is 5.92 Å². The molecule has 1 atom stereocenters. The highest BCUT2D eigenvalue weighted by molar-refractivity contribution is 7.13. The number of rotatable bonds is 10. The molecule has 1 amide bonds. The topological polar surface area (TPSA) is 68.7 Å². The number of hydrogen-bond donors (Lipinski definition) is 0. The maximum Gasteiger partial charge on any atom is 0.310 e. The molecule has 27 heavy (non-hydrogen) atoms. The third-order valence-corrected chi connectivity index (χ3v) is 5.01. The number of aromatic nitrogens is 1. The minimum atomic E-state index is -0.393. The van der Waals surface area contributed by atoms with Crippen molar-refractivity contribution in [3.05, 3.63) is 41.4 Å². The average molecular weight is 391 g/mol. The minimum Gasteiger partial charge on any atom is -0.469 e. The van der Waals surface area contributed by atoms with Crippen molar-refractivity contribution >= 4 is 23.2 Å². The van der Waals surface area contributed by atoms with Gasteiger partial charge in [0.1, 0.15) is 5.01 Å². The van der Waals surface area contributed by atoms with Gasteiger partial charge in [0.15, 0.2) is 0 Å². The molecule has 0 spiro atoms. The second-order valence-electron chi connectivity index (χ2n) is 6.15. The Labute approximate surface area is 164 Å². The number of amides is 1. The van der Waals surface area contributed by atoms with Gasteiger partial charge in [-0.05, 0) is 6.92 Å². The van der Waals surface area contributed by atoms with Gasteiger partial charge in [-0.15, -0.1) is 11.3 Å². The Morgan fingerprint density at radius 2 is 2.00 bits per heavy atom. The van der Waals surface area contributed by atoms with Crippen molar-refractivity contribution in [2.24, 2.45) is 5.92 Å². The molecule has 0 saturated carbocycles. The monoisotopic (exact) mass is 390 g/mol. The van der Waals surface area contributed by atoms with Crippen molar-refractivity contribution in [2.45, 2.75) is 20.3 Å². The molecule has 0 aliphatic carbocycles. The smallest absolute Gasteiger partial charge is 0.310 e. The summed E-state index contributed by atoms with van der Waals surface area (Å²) in [6.45, 7) is 5.41. The first-order valence-corrected chi connectivity index (χ1v) is 9.86. The molecule has 0 unspecified atom stereocenters. The highest BCUT2D eigenvalue weighted by atomic mass is 32.1. The summed E-state index contributed by atoms with van der Waals surface area (Å²) in [7, 11) is 1.35. The summed E-state index contributed by atoms with van der Waals surface area (Å²) in [6, 6.07) is 9.88. The Morgan fingerprint density at radius 1 is 1.26 bits per heavy atom. The summed E-state index contributed by atoms with van der Waals surface area (Å²) >= 11 is 1.52. The van der Waals surface area contributed by atoms with E-state index >= 15 is 0 Å². The number of carbonyl (C=O) groups is 2. The largest absolute Gasteiger partial charge is 0.469 e. The van der Waals surface area contributed by atoms with Crippen molar-refractivity contribution in [1.82, 2.24) is 9.88 Å². The average Bonchev–Trinajstić information content (AvgIpc) is 3.15. The third kappa shape index (κ3) is 6.45. The van der Waals surface area contributed by atoms with Gasteiger partial charge in [0.25, 0.3) is 0 Å². The van der Waals surface area contributed by atoms with E-state index in [1.165, 1.54) is 18.4 Å². The van der Waals surface area contributed by atoms with Crippen LogP contribution in [0.3, 0.4) is 0 Å². The molecule has 2 aromatic rings. The highest BCUT2D eigenvalue weighted by Crippen LogP contribution is 2.23. The molecule has 1 aromatic carbocycles. The molecule has 2 rings (SSSR count). The number of nitrogens with zero attached hydrogens (tertiary/aromatic N) is 2. The van der Waals surface area contributed by atoms with E-state index in [1.54, 1.807) is 11.8 Å². The molecule has 0 fully saturated rings. The van der Waals surface area contributed by atoms with E-state index < -0.39 is 5.92 Å². The molecular formula is C20H26N2O4S. The maximum absolute atomic E-state index is 12.8. The molecule has 146 valence electrons. The van der Waals surface area contributed by atoms with Crippen molar-refractivity contribution in [3.63, 3.8) is 0 Å². The Hall–Kier alpha value is -2.25. The summed E-state index contributed by atoms with van der Waals surface area (Å²) in [5.74, 6) is -0.796. The second-order valence-corrected chi connectivity index (χ2v) is 7.01. The molecule has 0 bridgehead atoms. The fourth-order valence-electron chi connectivity index (χ4n) is 2.61. The first-order chi connectivity index (χ1) is 13.0. The zero-order valence-corrected chi connectivity index (χ0v) is 16.8. The molecule has 0 radical (unpaired) electrons. The number of carbonyl (C=O) groups excluding carboxylic acids is 2. The van der Waals surface area contributed by atoms with Gasteiger partial charge in [-0.25, -0.2) is 4.98 Å². The zero-order valence-electron chi connectivity index (χ0n) is 16.0. The van der Waals surface area contributed by atoms with Crippen LogP contribution < -0.4 is 0 Å². The van der Waals surface area contributed by atoms with Crippen molar-refractivity contribution < 1.29 is 19.1 Å². The van der Waals surface area contributed by atoms with Crippen LogP contribution in [0.5, 0.6) is 0 Å². The Kier molecular flexibility index (Phi) is 8.42.